The van der Waals surface area contributed by atoms with Crippen molar-refractivity contribution in [3.05, 3.63) is 34.1 Å². The normalized spacial score (nSPS) is 14.5. The van der Waals surface area contributed by atoms with E-state index in [9.17, 15) is 28.9 Å². The van der Waals surface area contributed by atoms with Gasteiger partial charge in [0, 0.05) is 25.1 Å². The second-order valence-corrected chi connectivity index (χ2v) is 5.76. The van der Waals surface area contributed by atoms with E-state index in [1.807, 2.05) is 0 Å². The summed E-state index contributed by atoms with van der Waals surface area (Å²) in [6, 6.07) is 2.68. The van der Waals surface area contributed by atoms with Crippen molar-refractivity contribution >= 4 is 29.2 Å². The lowest BCUT2D eigenvalue weighted by molar-refractivity contribution is -0.384. The lowest BCUT2D eigenvalue weighted by atomic mass is 10.2. The summed E-state index contributed by atoms with van der Waals surface area (Å²) in [6.07, 6.45) is 2.86. The molecular weight excluding hydrogens is 349 g/mol. The largest absolute Gasteiger partial charge is 0.454 e. The first kappa shape index (κ1) is 19.3. The van der Waals surface area contributed by atoms with Crippen LogP contribution in [0.3, 0.4) is 0 Å². The van der Waals surface area contributed by atoms with Crippen molar-refractivity contribution in [2.24, 2.45) is 0 Å². The van der Waals surface area contributed by atoms with E-state index in [1.165, 1.54) is 4.90 Å². The molecule has 9 nitrogen and oxygen atoms in total. The number of hydrogen-bond acceptors (Lipinski definition) is 6. The number of anilines is 1. The number of non-ortho nitro benzene ring substituents is 1. The maximum absolute atomic E-state index is 13.6. The number of halogens is 1. The van der Waals surface area contributed by atoms with Gasteiger partial charge in [-0.3, -0.25) is 24.5 Å². The molecule has 0 bridgehead atoms. The highest BCUT2D eigenvalue weighted by atomic mass is 19.1. The second-order valence-electron chi connectivity index (χ2n) is 5.76. The van der Waals surface area contributed by atoms with Gasteiger partial charge in [0.2, 0.25) is 5.91 Å². The third-order valence-corrected chi connectivity index (χ3v) is 3.79. The number of nitrogens with one attached hydrogen (secondary N) is 1. The molecule has 1 saturated heterocycles. The number of esters is 1. The van der Waals surface area contributed by atoms with Gasteiger partial charge in [0.1, 0.15) is 12.4 Å². The van der Waals surface area contributed by atoms with Crippen LogP contribution in [0.5, 0.6) is 0 Å². The zero-order valence-electron chi connectivity index (χ0n) is 13.9. The molecule has 1 N–H and O–H groups in total. The molecule has 1 aromatic rings. The highest BCUT2D eigenvalue weighted by molar-refractivity contribution is 5.93. The Kier molecular flexibility index (Phi) is 6.59. The first-order valence-corrected chi connectivity index (χ1v) is 8.04. The molecule has 0 unspecified atom stereocenters. The Bertz CT molecular complexity index is 724. The number of ether oxygens (including phenoxy) is 1. The average Bonchev–Trinajstić information content (AvgIpc) is 2.79. The Morgan fingerprint density at radius 3 is 2.81 bits per heavy atom. The number of nitrogens with zero attached hydrogens (tertiary/aromatic N) is 2. The Balaban J connectivity index is 1.84. The third-order valence-electron chi connectivity index (χ3n) is 3.79. The highest BCUT2D eigenvalue weighted by Crippen LogP contribution is 2.21. The molecule has 0 aliphatic carbocycles. The van der Waals surface area contributed by atoms with E-state index in [0.717, 1.165) is 37.5 Å². The fourth-order valence-electron chi connectivity index (χ4n) is 2.46. The van der Waals surface area contributed by atoms with Gasteiger partial charge in [-0.2, -0.15) is 0 Å². The predicted molar refractivity (Wildman–Crippen MR) is 87.7 cm³/mol. The maximum atomic E-state index is 13.6. The van der Waals surface area contributed by atoms with Crippen molar-refractivity contribution in [1.29, 1.82) is 0 Å². The molecule has 0 saturated carbocycles. The van der Waals surface area contributed by atoms with Crippen LogP contribution in [-0.4, -0.2) is 47.3 Å². The minimum Gasteiger partial charge on any atom is -0.454 e. The van der Waals surface area contributed by atoms with Gasteiger partial charge in [-0.15, -0.1) is 0 Å². The topological polar surface area (TPSA) is 119 Å². The van der Waals surface area contributed by atoms with Crippen LogP contribution in [0.1, 0.15) is 25.7 Å². The fraction of sp³-hybridized carbons (Fsp3) is 0.438. The maximum Gasteiger partial charge on any atom is 0.326 e. The first-order chi connectivity index (χ1) is 12.4. The van der Waals surface area contributed by atoms with Gasteiger partial charge in [0.05, 0.1) is 10.6 Å². The number of benzene rings is 1. The van der Waals surface area contributed by atoms with E-state index in [-0.39, 0.29) is 18.1 Å². The second kappa shape index (κ2) is 8.88. The molecule has 0 spiro atoms. The lowest BCUT2D eigenvalue weighted by Gasteiger charge is -2.19. The SMILES string of the molecule is O=C(COC(=O)CN1CCCCCC1=O)Nc1cc([N+](=O)[O-])ccc1F. The van der Waals surface area contributed by atoms with Crippen LogP contribution >= 0.6 is 0 Å². The number of nitro benzene ring substituents is 1. The summed E-state index contributed by atoms with van der Waals surface area (Å²) in [6.45, 7) is -0.487. The van der Waals surface area contributed by atoms with Gasteiger partial charge < -0.3 is 15.0 Å². The minimum atomic E-state index is -0.856. The Morgan fingerprint density at radius 2 is 2.08 bits per heavy atom. The summed E-state index contributed by atoms with van der Waals surface area (Å²) in [4.78, 5) is 46.7. The molecule has 2 rings (SSSR count). The van der Waals surface area contributed by atoms with Gasteiger partial charge >= 0.3 is 5.97 Å². The molecule has 2 amide bonds. The summed E-state index contributed by atoms with van der Waals surface area (Å²) < 4.78 is 18.4. The number of nitro groups is 1. The molecule has 0 radical (unpaired) electrons. The average molecular weight is 367 g/mol. The summed E-state index contributed by atoms with van der Waals surface area (Å²) in [7, 11) is 0. The molecule has 140 valence electrons. The predicted octanol–water partition coefficient (Wildman–Crippen LogP) is 1.62. The number of carbonyl (C=O) groups excluding carboxylic acids is 3. The van der Waals surface area contributed by atoms with Crippen molar-refractivity contribution in [3.8, 4) is 0 Å². The number of carbonyl (C=O) groups is 3. The molecule has 1 aliphatic heterocycles. The summed E-state index contributed by atoms with van der Waals surface area (Å²) >= 11 is 0. The van der Waals surface area contributed by atoms with Crippen LogP contribution in [0.4, 0.5) is 15.8 Å². The van der Waals surface area contributed by atoms with Gasteiger partial charge in [-0.1, -0.05) is 6.42 Å². The van der Waals surface area contributed by atoms with Crippen LogP contribution in [0.15, 0.2) is 18.2 Å². The molecule has 1 aromatic carbocycles. The molecule has 0 aromatic heterocycles. The van der Waals surface area contributed by atoms with Crippen molar-refractivity contribution in [2.75, 3.05) is 25.0 Å². The standard InChI is InChI=1S/C16H18FN3O6/c17-12-6-5-11(20(24)25)8-13(12)18-14(21)10-26-16(23)9-19-7-3-1-2-4-15(19)22/h5-6,8H,1-4,7,9-10H2,(H,18,21). The molecule has 0 atom stereocenters. The van der Waals surface area contributed by atoms with E-state index in [4.69, 9.17) is 4.74 Å². The Morgan fingerprint density at radius 1 is 1.31 bits per heavy atom. The molecular formula is C16H18FN3O6. The molecule has 1 fully saturated rings. The van der Waals surface area contributed by atoms with Crippen LogP contribution < -0.4 is 5.32 Å². The van der Waals surface area contributed by atoms with E-state index in [0.29, 0.717) is 13.0 Å². The van der Waals surface area contributed by atoms with Gasteiger partial charge in [-0.25, -0.2) is 4.39 Å². The van der Waals surface area contributed by atoms with E-state index in [2.05, 4.69) is 5.32 Å². The summed E-state index contributed by atoms with van der Waals surface area (Å²) in [5.74, 6) is -2.59. The van der Waals surface area contributed by atoms with E-state index >= 15 is 0 Å². The quantitative estimate of drug-likeness (QED) is 0.464. The van der Waals surface area contributed by atoms with Crippen LogP contribution in [0.25, 0.3) is 0 Å². The van der Waals surface area contributed by atoms with Crippen LogP contribution in [0, 0.1) is 15.9 Å². The van der Waals surface area contributed by atoms with Gasteiger partial charge in [0.15, 0.2) is 6.61 Å². The lowest BCUT2D eigenvalue weighted by Crippen LogP contribution is -2.36. The van der Waals surface area contributed by atoms with E-state index < -0.39 is 34.9 Å². The smallest absolute Gasteiger partial charge is 0.326 e. The number of rotatable bonds is 6. The van der Waals surface area contributed by atoms with Crippen molar-refractivity contribution in [1.82, 2.24) is 4.90 Å². The number of hydrogen-bond donors (Lipinski definition) is 1. The first-order valence-electron chi connectivity index (χ1n) is 8.04. The molecule has 10 heteroatoms. The number of amides is 2. The highest BCUT2D eigenvalue weighted by Gasteiger charge is 2.20. The monoisotopic (exact) mass is 367 g/mol. The third kappa shape index (κ3) is 5.50. The summed E-state index contributed by atoms with van der Waals surface area (Å²) in [5, 5.41) is 12.8. The van der Waals surface area contributed by atoms with Crippen LogP contribution in [0.2, 0.25) is 0 Å². The minimum absolute atomic E-state index is 0.137. The zero-order chi connectivity index (χ0) is 19.1. The van der Waals surface area contributed by atoms with Crippen molar-refractivity contribution < 1.29 is 28.4 Å². The Hall–Kier alpha value is -3.04. The van der Waals surface area contributed by atoms with Crippen LogP contribution in [-0.2, 0) is 19.1 Å². The zero-order valence-corrected chi connectivity index (χ0v) is 13.9. The number of likely N-dealkylation sites (tertiary alicyclic amines) is 1. The summed E-state index contributed by atoms with van der Waals surface area (Å²) in [5.41, 5.74) is -0.777. The van der Waals surface area contributed by atoms with Gasteiger partial charge in [0.25, 0.3) is 11.6 Å². The van der Waals surface area contributed by atoms with E-state index in [1.54, 1.807) is 0 Å². The van der Waals surface area contributed by atoms with Crippen molar-refractivity contribution in [2.45, 2.75) is 25.7 Å². The molecule has 26 heavy (non-hydrogen) atoms. The van der Waals surface area contributed by atoms with Gasteiger partial charge in [-0.05, 0) is 18.9 Å². The Labute approximate surface area is 148 Å². The van der Waals surface area contributed by atoms with Crippen molar-refractivity contribution in [3.63, 3.8) is 0 Å². The molecule has 1 aliphatic rings. The fourth-order valence-corrected chi connectivity index (χ4v) is 2.46. The molecule has 1 heterocycles.